The van der Waals surface area contributed by atoms with E-state index < -0.39 is 6.04 Å². The fraction of sp³-hybridized carbons (Fsp3) is 0.391. The Morgan fingerprint density at radius 3 is 2.33 bits per heavy atom. The summed E-state index contributed by atoms with van der Waals surface area (Å²) in [6, 6.07) is 10.3. The van der Waals surface area contributed by atoms with Crippen LogP contribution in [0, 0.1) is 13.8 Å². The van der Waals surface area contributed by atoms with Gasteiger partial charge in [0.15, 0.2) is 6.61 Å². The van der Waals surface area contributed by atoms with Gasteiger partial charge in [-0.2, -0.15) is 0 Å². The second kappa shape index (κ2) is 11.2. The molecule has 2 aromatic rings. The molecule has 162 valence electrons. The molecular weight excluding hydrogens is 423 g/mol. The van der Waals surface area contributed by atoms with E-state index in [9.17, 15) is 9.59 Å². The monoisotopic (exact) mass is 450 g/mol. The van der Waals surface area contributed by atoms with Crippen molar-refractivity contribution < 1.29 is 14.3 Å². The number of nitrogens with zero attached hydrogens (tertiary/aromatic N) is 1. The van der Waals surface area contributed by atoms with Crippen LogP contribution in [-0.2, 0) is 16.1 Å². The van der Waals surface area contributed by atoms with Crippen LogP contribution in [0.2, 0.25) is 10.0 Å². The van der Waals surface area contributed by atoms with Crippen LogP contribution < -0.4 is 10.1 Å². The molecule has 1 atom stereocenters. The zero-order valence-electron chi connectivity index (χ0n) is 17.8. The number of benzene rings is 2. The van der Waals surface area contributed by atoms with E-state index in [0.29, 0.717) is 22.3 Å². The number of hydrogen-bond acceptors (Lipinski definition) is 3. The Labute approximate surface area is 188 Å². The fourth-order valence-corrected chi connectivity index (χ4v) is 3.38. The quantitative estimate of drug-likeness (QED) is 0.588. The second-order valence-electron chi connectivity index (χ2n) is 7.35. The van der Waals surface area contributed by atoms with Gasteiger partial charge in [0.25, 0.3) is 5.91 Å². The fourth-order valence-electron chi connectivity index (χ4n) is 3.06. The van der Waals surface area contributed by atoms with Crippen LogP contribution in [0.15, 0.2) is 36.4 Å². The molecule has 0 aliphatic carbocycles. The lowest BCUT2D eigenvalue weighted by atomic mass is 10.1. The molecule has 2 aromatic carbocycles. The van der Waals surface area contributed by atoms with Crippen molar-refractivity contribution in [1.82, 2.24) is 10.2 Å². The van der Waals surface area contributed by atoms with Gasteiger partial charge < -0.3 is 15.0 Å². The summed E-state index contributed by atoms with van der Waals surface area (Å²) in [5.74, 6) is 0.120. The molecule has 0 aliphatic heterocycles. The van der Waals surface area contributed by atoms with Crippen molar-refractivity contribution in [3.63, 3.8) is 0 Å². The minimum Gasteiger partial charge on any atom is -0.484 e. The van der Waals surface area contributed by atoms with Gasteiger partial charge in [0.05, 0.1) is 10.0 Å². The van der Waals surface area contributed by atoms with Crippen LogP contribution in [-0.4, -0.2) is 35.9 Å². The maximum atomic E-state index is 13.0. The minimum absolute atomic E-state index is 0.171. The van der Waals surface area contributed by atoms with Crippen molar-refractivity contribution in [2.75, 3.05) is 13.2 Å². The average Bonchev–Trinajstić information content (AvgIpc) is 2.69. The molecule has 30 heavy (non-hydrogen) atoms. The van der Waals surface area contributed by atoms with Gasteiger partial charge in [-0.15, -0.1) is 0 Å². The van der Waals surface area contributed by atoms with E-state index in [1.165, 1.54) is 4.90 Å². The van der Waals surface area contributed by atoms with Crippen LogP contribution in [0.3, 0.4) is 0 Å². The van der Waals surface area contributed by atoms with Crippen molar-refractivity contribution in [1.29, 1.82) is 0 Å². The number of aryl methyl sites for hydroxylation is 2. The summed E-state index contributed by atoms with van der Waals surface area (Å²) in [7, 11) is 0. The number of nitrogens with one attached hydrogen (secondary N) is 1. The van der Waals surface area contributed by atoms with Crippen LogP contribution in [0.5, 0.6) is 5.75 Å². The maximum absolute atomic E-state index is 13.0. The van der Waals surface area contributed by atoms with Gasteiger partial charge in [-0.05, 0) is 68.1 Å². The minimum atomic E-state index is -0.665. The molecular formula is C23H28Cl2N2O3. The highest BCUT2D eigenvalue weighted by atomic mass is 35.5. The van der Waals surface area contributed by atoms with Crippen LogP contribution in [0.4, 0.5) is 0 Å². The molecule has 2 rings (SSSR count). The van der Waals surface area contributed by atoms with E-state index >= 15 is 0 Å². The van der Waals surface area contributed by atoms with Gasteiger partial charge in [0, 0.05) is 13.1 Å². The number of carbonyl (C=O) groups is 2. The summed E-state index contributed by atoms with van der Waals surface area (Å²) in [5, 5.41) is 3.68. The van der Waals surface area contributed by atoms with Crippen molar-refractivity contribution in [2.24, 2.45) is 0 Å². The highest BCUT2D eigenvalue weighted by Crippen LogP contribution is 2.24. The van der Waals surface area contributed by atoms with Crippen molar-refractivity contribution in [3.8, 4) is 5.75 Å². The zero-order chi connectivity index (χ0) is 22.3. The number of rotatable bonds is 9. The first-order valence-electron chi connectivity index (χ1n) is 9.93. The van der Waals surface area contributed by atoms with Crippen LogP contribution >= 0.6 is 23.2 Å². The van der Waals surface area contributed by atoms with Gasteiger partial charge in [0.1, 0.15) is 11.8 Å². The lowest BCUT2D eigenvalue weighted by Crippen LogP contribution is -2.49. The number of amides is 2. The number of hydrogen-bond donors (Lipinski definition) is 1. The summed E-state index contributed by atoms with van der Waals surface area (Å²) in [4.78, 5) is 27.0. The normalized spacial score (nSPS) is 11.7. The molecule has 1 N–H and O–H groups in total. The first-order chi connectivity index (χ1) is 14.2. The van der Waals surface area contributed by atoms with E-state index in [1.807, 2.05) is 39.0 Å². The van der Waals surface area contributed by atoms with E-state index in [2.05, 4.69) is 5.32 Å². The topological polar surface area (TPSA) is 58.6 Å². The Hall–Kier alpha value is -2.24. The molecule has 0 spiro atoms. The molecule has 0 saturated heterocycles. The molecule has 0 aromatic heterocycles. The number of halogens is 2. The number of ether oxygens (including phenoxy) is 1. The van der Waals surface area contributed by atoms with E-state index in [-0.39, 0.29) is 25.0 Å². The van der Waals surface area contributed by atoms with Gasteiger partial charge in [-0.25, -0.2) is 0 Å². The molecule has 0 radical (unpaired) electrons. The summed E-state index contributed by atoms with van der Waals surface area (Å²) < 4.78 is 5.73. The Balaban J connectivity index is 2.18. The Bertz CT molecular complexity index is 882. The van der Waals surface area contributed by atoms with Gasteiger partial charge in [-0.3, -0.25) is 9.59 Å². The first kappa shape index (κ1) is 24.0. The van der Waals surface area contributed by atoms with Gasteiger partial charge in [-0.1, -0.05) is 42.3 Å². The first-order valence-corrected chi connectivity index (χ1v) is 10.7. The lowest BCUT2D eigenvalue weighted by molar-refractivity contribution is -0.142. The molecule has 2 amide bonds. The van der Waals surface area contributed by atoms with Gasteiger partial charge >= 0.3 is 0 Å². The zero-order valence-corrected chi connectivity index (χ0v) is 19.3. The molecule has 1 unspecified atom stereocenters. The van der Waals surface area contributed by atoms with Crippen molar-refractivity contribution >= 4 is 35.0 Å². The van der Waals surface area contributed by atoms with Crippen LogP contribution in [0.25, 0.3) is 0 Å². The van der Waals surface area contributed by atoms with Crippen LogP contribution in [0.1, 0.15) is 37.0 Å². The largest absolute Gasteiger partial charge is 0.484 e. The SMILES string of the molecule is CCCNC(=O)C(C)N(Cc1ccc(Cl)c(Cl)c1)C(=O)COc1cc(C)cc(C)c1. The smallest absolute Gasteiger partial charge is 0.261 e. The number of carbonyl (C=O) groups excluding carboxylic acids is 2. The predicted octanol–water partition coefficient (Wildman–Crippen LogP) is 4.93. The van der Waals surface area contributed by atoms with Gasteiger partial charge in [0.2, 0.25) is 5.91 Å². The molecule has 0 saturated carbocycles. The lowest BCUT2D eigenvalue weighted by Gasteiger charge is -2.29. The highest BCUT2D eigenvalue weighted by Gasteiger charge is 2.26. The van der Waals surface area contributed by atoms with E-state index in [0.717, 1.165) is 23.1 Å². The molecule has 0 bridgehead atoms. The molecule has 0 heterocycles. The Morgan fingerprint density at radius 2 is 1.73 bits per heavy atom. The third-order valence-electron chi connectivity index (χ3n) is 4.61. The van der Waals surface area contributed by atoms with Crippen molar-refractivity contribution in [3.05, 3.63) is 63.1 Å². The predicted molar refractivity (Wildman–Crippen MR) is 121 cm³/mol. The summed E-state index contributed by atoms with van der Waals surface area (Å²) in [6.45, 7) is 8.22. The summed E-state index contributed by atoms with van der Waals surface area (Å²) in [6.07, 6.45) is 0.815. The second-order valence-corrected chi connectivity index (χ2v) is 8.16. The molecule has 0 aliphatic rings. The van der Waals surface area contributed by atoms with E-state index in [4.69, 9.17) is 27.9 Å². The third-order valence-corrected chi connectivity index (χ3v) is 5.35. The third kappa shape index (κ3) is 6.92. The molecule has 5 nitrogen and oxygen atoms in total. The molecule has 0 fully saturated rings. The Morgan fingerprint density at radius 1 is 1.07 bits per heavy atom. The summed E-state index contributed by atoms with van der Waals surface area (Å²) >= 11 is 12.1. The standard InChI is InChI=1S/C23H28Cl2N2O3/c1-5-8-26-23(29)17(4)27(13-18-6-7-20(24)21(25)12-18)22(28)14-30-19-10-15(2)9-16(3)11-19/h6-7,9-12,17H,5,8,13-14H2,1-4H3,(H,26,29). The van der Waals surface area contributed by atoms with E-state index in [1.54, 1.807) is 25.1 Å². The van der Waals surface area contributed by atoms with Crippen molar-refractivity contribution in [2.45, 2.75) is 46.7 Å². The average molecular weight is 451 g/mol. The highest BCUT2D eigenvalue weighted by molar-refractivity contribution is 6.42. The molecule has 7 heteroatoms. The Kier molecular flexibility index (Phi) is 9.00. The summed E-state index contributed by atoms with van der Waals surface area (Å²) in [5.41, 5.74) is 2.88. The maximum Gasteiger partial charge on any atom is 0.261 e.